The molecular weight excluding hydrogens is 588 g/mol. The lowest BCUT2D eigenvalue weighted by Crippen LogP contribution is -2.69. The van der Waals surface area contributed by atoms with Gasteiger partial charge in [-0.05, 0) is 90.9 Å². The van der Waals surface area contributed by atoms with Gasteiger partial charge in [0.25, 0.3) is 0 Å². The summed E-state index contributed by atoms with van der Waals surface area (Å²) in [5.74, 6) is 3.42. The Kier molecular flexibility index (Phi) is 6.75. The second-order valence-corrected chi connectivity index (χ2v) is 14.8. The zero-order valence-electron chi connectivity index (χ0n) is 23.6. The molecule has 40 heavy (non-hydrogen) atoms. The van der Waals surface area contributed by atoms with Gasteiger partial charge in [0.2, 0.25) is 5.91 Å². The van der Waals surface area contributed by atoms with Crippen LogP contribution in [0.2, 0.25) is 0 Å². The molecule has 3 aliphatic carbocycles. The molecular formula is C32H39BrN2O4S. The second kappa shape index (κ2) is 10.1. The summed E-state index contributed by atoms with van der Waals surface area (Å²) >= 11 is 5.14. The van der Waals surface area contributed by atoms with Crippen molar-refractivity contribution < 1.29 is 19.4 Å². The number of amides is 1. The fraction of sp³-hybridized carbons (Fsp3) is 0.594. The fourth-order valence-electron chi connectivity index (χ4n) is 8.43. The predicted octanol–water partition coefficient (Wildman–Crippen LogP) is 6.24. The number of piperidine rings is 1. The lowest BCUT2D eigenvalue weighted by molar-refractivity contribution is -0.138. The minimum Gasteiger partial charge on any atom is -0.508 e. The van der Waals surface area contributed by atoms with Crippen LogP contribution in [0.3, 0.4) is 0 Å². The van der Waals surface area contributed by atoms with Gasteiger partial charge >= 0.3 is 0 Å². The summed E-state index contributed by atoms with van der Waals surface area (Å²) in [4.78, 5) is 19.8. The highest BCUT2D eigenvalue weighted by Gasteiger charge is 2.67. The number of benzene rings is 1. The van der Waals surface area contributed by atoms with Gasteiger partial charge < -0.3 is 19.5 Å². The summed E-state index contributed by atoms with van der Waals surface area (Å²) < 4.78 is 13.8. The Balaban J connectivity index is 1.29. The number of aromatic hydroxyl groups is 1. The molecule has 2 aliphatic heterocycles. The van der Waals surface area contributed by atoms with Gasteiger partial charge in [0.15, 0.2) is 11.5 Å². The lowest BCUT2D eigenvalue weighted by Gasteiger charge is -2.60. The molecule has 2 aromatic rings. The van der Waals surface area contributed by atoms with Crippen LogP contribution in [-0.4, -0.2) is 65.7 Å². The Labute approximate surface area is 249 Å². The number of rotatable bonds is 8. The molecule has 0 unspecified atom stereocenters. The van der Waals surface area contributed by atoms with Crippen molar-refractivity contribution in [3.8, 4) is 17.2 Å². The number of carbonyl (C=O) groups excluding carboxylic acids is 1. The molecule has 1 amide bonds. The van der Waals surface area contributed by atoms with E-state index in [1.165, 1.54) is 24.9 Å². The van der Waals surface area contributed by atoms with Crippen LogP contribution in [0.4, 0.5) is 0 Å². The maximum atomic E-state index is 13.9. The molecule has 1 aromatic carbocycles. The van der Waals surface area contributed by atoms with Gasteiger partial charge in [-0.2, -0.15) is 0 Å². The number of hydrogen-bond donors (Lipinski definition) is 1. The highest BCUT2D eigenvalue weighted by molar-refractivity contribution is 9.10. The number of phenolic OH excluding ortho intramolecular Hbond substituents is 1. The first-order valence-electron chi connectivity index (χ1n) is 14.9. The van der Waals surface area contributed by atoms with E-state index in [2.05, 4.69) is 39.6 Å². The minimum absolute atomic E-state index is 0.0355. The molecule has 2 saturated carbocycles. The van der Waals surface area contributed by atoms with E-state index in [0.29, 0.717) is 35.9 Å². The van der Waals surface area contributed by atoms with E-state index >= 15 is 0 Å². The van der Waals surface area contributed by atoms with E-state index < -0.39 is 0 Å². The highest BCUT2D eigenvalue weighted by Crippen LogP contribution is 2.65. The Morgan fingerprint density at radius 2 is 2.15 bits per heavy atom. The first-order chi connectivity index (χ1) is 19.3. The number of halogens is 1. The zero-order chi connectivity index (χ0) is 27.8. The maximum Gasteiger partial charge on any atom is 0.246 e. The molecule has 7 rings (SSSR count). The molecule has 3 heterocycles. The number of methoxy groups -OCH3 is 1. The fourth-order valence-corrected chi connectivity index (χ4v) is 9.76. The molecule has 5 aliphatic rings. The Morgan fingerprint density at radius 3 is 2.85 bits per heavy atom. The number of carbonyl (C=O) groups is 1. The van der Waals surface area contributed by atoms with Gasteiger partial charge in [-0.25, -0.2) is 0 Å². The molecule has 1 saturated heterocycles. The van der Waals surface area contributed by atoms with Crippen molar-refractivity contribution in [1.82, 2.24) is 9.80 Å². The molecule has 0 radical (unpaired) electrons. The first-order valence-corrected chi connectivity index (χ1v) is 16.5. The molecule has 5 atom stereocenters. The number of ether oxygens (including phenoxy) is 2. The number of likely N-dealkylation sites (tertiary alicyclic amines) is 1. The van der Waals surface area contributed by atoms with Crippen LogP contribution in [-0.2, 0) is 16.6 Å². The summed E-state index contributed by atoms with van der Waals surface area (Å²) in [5, 5.41) is 13.3. The van der Waals surface area contributed by atoms with E-state index in [4.69, 9.17) is 9.47 Å². The van der Waals surface area contributed by atoms with Crippen molar-refractivity contribution >= 4 is 39.2 Å². The molecule has 8 heteroatoms. The van der Waals surface area contributed by atoms with Crippen LogP contribution in [0.5, 0.6) is 17.2 Å². The summed E-state index contributed by atoms with van der Waals surface area (Å²) in [6.07, 6.45) is 10.1. The number of hydrogen-bond acceptors (Lipinski definition) is 6. The predicted molar refractivity (Wildman–Crippen MR) is 161 cm³/mol. The largest absolute Gasteiger partial charge is 0.508 e. The third-order valence-corrected chi connectivity index (χ3v) is 11.8. The smallest absolute Gasteiger partial charge is 0.246 e. The van der Waals surface area contributed by atoms with Gasteiger partial charge in [-0.15, -0.1) is 11.3 Å². The molecule has 214 valence electrons. The molecule has 2 bridgehead atoms. The minimum atomic E-state index is -0.208. The third-order valence-electron chi connectivity index (χ3n) is 10.1. The monoisotopic (exact) mass is 626 g/mol. The van der Waals surface area contributed by atoms with E-state index in [-0.39, 0.29) is 23.5 Å². The van der Waals surface area contributed by atoms with E-state index in [0.717, 1.165) is 58.8 Å². The van der Waals surface area contributed by atoms with Gasteiger partial charge in [-0.1, -0.05) is 13.8 Å². The average Bonchev–Trinajstić information content (AvgIpc) is 3.55. The van der Waals surface area contributed by atoms with Gasteiger partial charge in [0.1, 0.15) is 11.9 Å². The van der Waals surface area contributed by atoms with Gasteiger partial charge in [0.05, 0.1) is 13.2 Å². The van der Waals surface area contributed by atoms with Crippen LogP contribution in [0.15, 0.2) is 28.1 Å². The number of phenols is 1. The summed E-state index contributed by atoms with van der Waals surface area (Å²) in [6, 6.07) is 4.16. The summed E-state index contributed by atoms with van der Waals surface area (Å²) in [7, 11) is 1.65. The quantitative estimate of drug-likeness (QED) is 0.351. The topological polar surface area (TPSA) is 62.2 Å². The van der Waals surface area contributed by atoms with Crippen LogP contribution >= 0.6 is 27.3 Å². The van der Waals surface area contributed by atoms with E-state index in [1.54, 1.807) is 30.6 Å². The molecule has 3 fully saturated rings. The van der Waals surface area contributed by atoms with Crippen LogP contribution < -0.4 is 9.47 Å². The summed E-state index contributed by atoms with van der Waals surface area (Å²) in [6.45, 7) is 7.27. The Hall–Kier alpha value is -2.03. The first kappa shape index (κ1) is 26.8. The molecule has 6 nitrogen and oxygen atoms in total. The van der Waals surface area contributed by atoms with Crippen molar-refractivity contribution in [3.63, 3.8) is 0 Å². The molecule has 1 aromatic heterocycles. The maximum absolute atomic E-state index is 13.9. The van der Waals surface area contributed by atoms with Crippen molar-refractivity contribution in [3.05, 3.63) is 44.1 Å². The molecule has 1 N–H and O–H groups in total. The number of thiophene rings is 1. The van der Waals surface area contributed by atoms with Crippen LogP contribution in [0, 0.1) is 17.8 Å². The lowest BCUT2D eigenvalue weighted by atomic mass is 9.50. The van der Waals surface area contributed by atoms with Crippen LogP contribution in [0.1, 0.15) is 62.0 Å². The van der Waals surface area contributed by atoms with Crippen molar-refractivity contribution in [2.24, 2.45) is 17.8 Å². The normalized spacial score (nSPS) is 30.4. The third kappa shape index (κ3) is 4.23. The Bertz CT molecular complexity index is 1350. The van der Waals surface area contributed by atoms with E-state index in [1.807, 2.05) is 17.5 Å². The van der Waals surface area contributed by atoms with Crippen molar-refractivity contribution in [1.29, 1.82) is 0 Å². The number of nitrogens with zero attached hydrogens (tertiary/aromatic N) is 2. The van der Waals surface area contributed by atoms with Gasteiger partial charge in [0, 0.05) is 62.5 Å². The second-order valence-electron chi connectivity index (χ2n) is 13.0. The zero-order valence-corrected chi connectivity index (χ0v) is 26.0. The summed E-state index contributed by atoms with van der Waals surface area (Å²) in [5.41, 5.74) is 2.02. The van der Waals surface area contributed by atoms with E-state index in [9.17, 15) is 9.90 Å². The van der Waals surface area contributed by atoms with Crippen molar-refractivity contribution in [2.75, 3.05) is 26.7 Å². The van der Waals surface area contributed by atoms with Crippen LogP contribution in [0.25, 0.3) is 6.08 Å². The Morgan fingerprint density at radius 1 is 1.32 bits per heavy atom. The van der Waals surface area contributed by atoms with Gasteiger partial charge in [-0.3, -0.25) is 9.69 Å². The highest BCUT2D eigenvalue weighted by atomic mass is 79.9. The standard InChI is InChI=1S/C32H39BrN2O4S/c1-18(2)15-35(28(37)9-6-21-12-20(33)17-40-21)24-8-7-23-25-13-22-26(36)14-27(38-3)30-29(22)32(23,31(24)39-30)10-11-34(25)16-19-4-5-19/h6,9,12,14,17-19,23-25,31,36H,4-5,7-8,10-11,13,15-16H2,1-3H3/b9-6+/t23-,24-,25+,31-,32-/m0/s1. The van der Waals surface area contributed by atoms with Crippen molar-refractivity contribution in [2.45, 2.75) is 76.0 Å². The SMILES string of the molecule is COc1cc(O)c2c3c1O[C@H]1[C@@H](N(CC(C)C)C(=O)/C=C/c4cc(Br)cs4)CC[C@H]4[C@@H](C2)N(CC2CC2)CC[C@@]341. The molecule has 1 spiro atoms. The average molecular weight is 628 g/mol.